The second-order valence-electron chi connectivity index (χ2n) is 6.65. The Labute approximate surface area is 143 Å². The zero-order chi connectivity index (χ0) is 16.4. The third kappa shape index (κ3) is 3.13. The maximum atomic E-state index is 4.84. The van der Waals surface area contributed by atoms with E-state index in [2.05, 4.69) is 83.6 Å². The number of anilines is 1. The summed E-state index contributed by atoms with van der Waals surface area (Å²) in [5.74, 6) is 1.10. The predicted octanol–water partition coefficient (Wildman–Crippen LogP) is 3.95. The van der Waals surface area contributed by atoms with Gasteiger partial charge in [-0.1, -0.05) is 48.5 Å². The van der Waals surface area contributed by atoms with Gasteiger partial charge in [0.05, 0.1) is 5.52 Å². The van der Waals surface area contributed by atoms with Crippen LogP contribution in [0.2, 0.25) is 0 Å². The largest absolute Gasteiger partial charge is 0.355 e. The second kappa shape index (κ2) is 6.62. The number of aromatic nitrogens is 1. The fourth-order valence-electron chi connectivity index (χ4n) is 3.54. The standard InChI is InChI=1S/C21H23N3/c1-23(15-17-7-3-2-4-8-17)19-13-14-24(16-19)21-12-11-18-9-5-6-10-20(18)22-21/h2-12,19H,13-16H2,1H3. The number of hydrogen-bond acceptors (Lipinski definition) is 3. The van der Waals surface area contributed by atoms with Crippen LogP contribution in [0, 0.1) is 0 Å². The number of likely N-dealkylation sites (N-methyl/N-ethyl adjacent to an activating group) is 1. The van der Waals surface area contributed by atoms with Crippen molar-refractivity contribution in [2.75, 3.05) is 25.0 Å². The Balaban J connectivity index is 1.45. The Bertz CT molecular complexity index is 815. The quantitative estimate of drug-likeness (QED) is 0.726. The normalized spacial score (nSPS) is 17.8. The van der Waals surface area contributed by atoms with Crippen molar-refractivity contribution in [2.45, 2.75) is 19.0 Å². The average molecular weight is 317 g/mol. The smallest absolute Gasteiger partial charge is 0.129 e. The van der Waals surface area contributed by atoms with Crippen LogP contribution in [0.5, 0.6) is 0 Å². The molecule has 1 saturated heterocycles. The van der Waals surface area contributed by atoms with Gasteiger partial charge in [0.1, 0.15) is 5.82 Å². The van der Waals surface area contributed by atoms with Crippen LogP contribution in [0.3, 0.4) is 0 Å². The summed E-state index contributed by atoms with van der Waals surface area (Å²) in [5.41, 5.74) is 2.46. The minimum absolute atomic E-state index is 0.582. The number of pyridine rings is 1. The van der Waals surface area contributed by atoms with Crippen molar-refractivity contribution in [3.8, 4) is 0 Å². The van der Waals surface area contributed by atoms with Crippen LogP contribution in [0.15, 0.2) is 66.7 Å². The van der Waals surface area contributed by atoms with Gasteiger partial charge in [-0.3, -0.25) is 4.90 Å². The van der Waals surface area contributed by atoms with Crippen molar-refractivity contribution in [1.82, 2.24) is 9.88 Å². The van der Waals surface area contributed by atoms with Gasteiger partial charge in [-0.05, 0) is 37.2 Å². The second-order valence-corrected chi connectivity index (χ2v) is 6.65. The summed E-state index contributed by atoms with van der Waals surface area (Å²) < 4.78 is 0. The van der Waals surface area contributed by atoms with Crippen molar-refractivity contribution in [2.24, 2.45) is 0 Å². The van der Waals surface area contributed by atoms with Gasteiger partial charge in [-0.15, -0.1) is 0 Å². The van der Waals surface area contributed by atoms with E-state index in [0.29, 0.717) is 6.04 Å². The van der Waals surface area contributed by atoms with E-state index >= 15 is 0 Å². The van der Waals surface area contributed by atoms with E-state index in [1.54, 1.807) is 0 Å². The van der Waals surface area contributed by atoms with Gasteiger partial charge in [0.2, 0.25) is 0 Å². The average Bonchev–Trinajstić information content (AvgIpc) is 3.12. The SMILES string of the molecule is CN(Cc1ccccc1)C1CCN(c2ccc3ccccc3n2)C1. The first-order chi connectivity index (χ1) is 11.8. The highest BCUT2D eigenvalue weighted by molar-refractivity contribution is 5.80. The van der Waals surface area contributed by atoms with Crippen LogP contribution in [-0.4, -0.2) is 36.1 Å². The Morgan fingerprint density at radius 3 is 2.67 bits per heavy atom. The van der Waals surface area contributed by atoms with Gasteiger partial charge in [-0.2, -0.15) is 0 Å². The highest BCUT2D eigenvalue weighted by Gasteiger charge is 2.26. The van der Waals surface area contributed by atoms with Crippen molar-refractivity contribution in [3.05, 3.63) is 72.3 Å². The lowest BCUT2D eigenvalue weighted by Crippen LogP contribution is -2.34. The molecule has 0 radical (unpaired) electrons. The summed E-state index contributed by atoms with van der Waals surface area (Å²) >= 11 is 0. The molecule has 24 heavy (non-hydrogen) atoms. The van der Waals surface area contributed by atoms with Crippen molar-refractivity contribution in [1.29, 1.82) is 0 Å². The van der Waals surface area contributed by atoms with Crippen LogP contribution in [-0.2, 0) is 6.54 Å². The van der Waals surface area contributed by atoms with E-state index in [1.165, 1.54) is 17.4 Å². The van der Waals surface area contributed by atoms with Crippen LogP contribution in [0.25, 0.3) is 10.9 Å². The molecule has 3 aromatic rings. The number of hydrogen-bond donors (Lipinski definition) is 0. The van der Waals surface area contributed by atoms with Gasteiger partial charge < -0.3 is 4.90 Å². The Morgan fingerprint density at radius 2 is 1.79 bits per heavy atom. The molecule has 1 fully saturated rings. The first kappa shape index (κ1) is 15.2. The third-order valence-electron chi connectivity index (χ3n) is 4.97. The molecule has 0 amide bonds. The van der Waals surface area contributed by atoms with E-state index in [0.717, 1.165) is 31.0 Å². The summed E-state index contributed by atoms with van der Waals surface area (Å²) in [6, 6.07) is 24.0. The van der Waals surface area contributed by atoms with Crippen LogP contribution in [0.4, 0.5) is 5.82 Å². The highest BCUT2D eigenvalue weighted by Crippen LogP contribution is 2.24. The third-order valence-corrected chi connectivity index (χ3v) is 4.97. The summed E-state index contributed by atoms with van der Waals surface area (Å²) in [6.45, 7) is 3.13. The topological polar surface area (TPSA) is 19.4 Å². The number of para-hydroxylation sites is 1. The summed E-state index contributed by atoms with van der Waals surface area (Å²) in [4.78, 5) is 9.73. The molecule has 1 aliphatic heterocycles. The molecule has 122 valence electrons. The molecule has 0 spiro atoms. The van der Waals surface area contributed by atoms with Crippen LogP contribution in [0.1, 0.15) is 12.0 Å². The Kier molecular flexibility index (Phi) is 4.18. The maximum Gasteiger partial charge on any atom is 0.129 e. The molecule has 1 aliphatic rings. The zero-order valence-electron chi connectivity index (χ0n) is 14.1. The summed E-state index contributed by atoms with van der Waals surface area (Å²) in [5, 5.41) is 1.21. The van der Waals surface area contributed by atoms with E-state index in [-0.39, 0.29) is 0 Å². The van der Waals surface area contributed by atoms with Crippen LogP contribution < -0.4 is 4.90 Å². The highest BCUT2D eigenvalue weighted by atomic mass is 15.3. The Hall–Kier alpha value is -2.39. The van der Waals surface area contributed by atoms with Gasteiger partial charge in [0.15, 0.2) is 0 Å². The van der Waals surface area contributed by atoms with Gasteiger partial charge >= 0.3 is 0 Å². The molecule has 3 nitrogen and oxygen atoms in total. The lowest BCUT2D eigenvalue weighted by molar-refractivity contribution is 0.250. The van der Waals surface area contributed by atoms with E-state index in [9.17, 15) is 0 Å². The molecule has 1 unspecified atom stereocenters. The molecule has 1 atom stereocenters. The number of rotatable bonds is 4. The minimum atomic E-state index is 0.582. The van der Waals surface area contributed by atoms with Crippen molar-refractivity contribution in [3.63, 3.8) is 0 Å². The van der Waals surface area contributed by atoms with E-state index < -0.39 is 0 Å². The summed E-state index contributed by atoms with van der Waals surface area (Å²) in [6.07, 6.45) is 1.19. The number of benzene rings is 2. The molecule has 0 aliphatic carbocycles. The lowest BCUT2D eigenvalue weighted by Gasteiger charge is -2.25. The zero-order valence-corrected chi connectivity index (χ0v) is 14.1. The minimum Gasteiger partial charge on any atom is -0.355 e. The lowest BCUT2D eigenvalue weighted by atomic mass is 10.1. The molecule has 4 rings (SSSR count). The molecular formula is C21H23N3. The molecule has 1 aromatic heterocycles. The predicted molar refractivity (Wildman–Crippen MR) is 100 cm³/mol. The summed E-state index contributed by atoms with van der Waals surface area (Å²) in [7, 11) is 2.23. The molecule has 0 saturated carbocycles. The van der Waals surface area contributed by atoms with E-state index in [1.807, 2.05) is 0 Å². The molecule has 2 aromatic carbocycles. The van der Waals surface area contributed by atoms with Crippen LogP contribution >= 0.6 is 0 Å². The molecule has 0 N–H and O–H groups in total. The maximum absolute atomic E-state index is 4.84. The van der Waals surface area contributed by atoms with E-state index in [4.69, 9.17) is 4.98 Å². The van der Waals surface area contributed by atoms with Crippen molar-refractivity contribution >= 4 is 16.7 Å². The molecule has 3 heteroatoms. The molecule has 0 bridgehead atoms. The molecular weight excluding hydrogens is 294 g/mol. The fourth-order valence-corrected chi connectivity index (χ4v) is 3.54. The monoisotopic (exact) mass is 317 g/mol. The van der Waals surface area contributed by atoms with Gasteiger partial charge in [0, 0.05) is 31.1 Å². The molecule has 2 heterocycles. The van der Waals surface area contributed by atoms with Crippen molar-refractivity contribution < 1.29 is 0 Å². The Morgan fingerprint density at radius 1 is 1.00 bits per heavy atom. The first-order valence-electron chi connectivity index (χ1n) is 8.64. The number of fused-ring (bicyclic) bond motifs is 1. The van der Waals surface area contributed by atoms with Gasteiger partial charge in [-0.25, -0.2) is 4.98 Å². The number of nitrogens with zero attached hydrogens (tertiary/aromatic N) is 3. The fraction of sp³-hybridized carbons (Fsp3) is 0.286. The first-order valence-corrected chi connectivity index (χ1v) is 8.64. The van der Waals surface area contributed by atoms with Gasteiger partial charge in [0.25, 0.3) is 0 Å².